The molecule has 0 saturated heterocycles. The molecule has 0 aromatic carbocycles. The van der Waals surface area contributed by atoms with Crippen LogP contribution in [0.4, 0.5) is 0 Å². The molecule has 0 heterocycles. The minimum atomic E-state index is -4.67. The summed E-state index contributed by atoms with van der Waals surface area (Å²) in [5.41, 5.74) is 0. The fourth-order valence-corrected chi connectivity index (χ4v) is 0. The van der Waals surface area contributed by atoms with Crippen molar-refractivity contribution in [1.82, 2.24) is 0 Å². The Bertz CT molecular complexity index is 135. The van der Waals surface area contributed by atoms with Crippen LogP contribution in [0.5, 0.6) is 0 Å². The van der Waals surface area contributed by atoms with Crippen LogP contribution < -0.4 is 0 Å². The molecule has 14 N–H and O–H groups in total. The van der Waals surface area contributed by atoms with Gasteiger partial charge in [-0.1, -0.05) is 0 Å². The summed E-state index contributed by atoms with van der Waals surface area (Å²) in [5, 5.41) is 0. The molecular formula is H17Al2Cl3O10S. The van der Waals surface area contributed by atoms with E-state index in [2.05, 4.69) is 0 Å². The maximum Gasteiger partial charge on any atom is 0.643 e. The number of hydrogen-bond acceptors (Lipinski definition) is 2. The second kappa shape index (κ2) is 36.0. The fraction of sp³-hybridized carbons (Fsp3) is 0. The molecule has 0 saturated carbocycles. The Morgan fingerprint density at radius 3 is 0.750 bits per heavy atom. The third-order valence-electron chi connectivity index (χ3n) is 0. The Morgan fingerprint density at radius 1 is 0.750 bits per heavy atom. The highest BCUT2D eigenvalue weighted by Gasteiger charge is 2.00. The Morgan fingerprint density at radius 2 is 0.750 bits per heavy atom. The van der Waals surface area contributed by atoms with Gasteiger partial charge in [0, 0.05) is 0 Å². The molecule has 0 aliphatic heterocycles. The van der Waals surface area contributed by atoms with Gasteiger partial charge in [-0.2, -0.15) is 8.42 Å². The summed E-state index contributed by atoms with van der Waals surface area (Å²) in [4.78, 5) is 0. The van der Waals surface area contributed by atoms with E-state index in [1.165, 1.54) is 0 Å². The number of halogens is 3. The van der Waals surface area contributed by atoms with Crippen molar-refractivity contribution in [2.45, 2.75) is 0 Å². The molecule has 110 valence electrons. The van der Waals surface area contributed by atoms with Crippen molar-refractivity contribution in [1.29, 1.82) is 0 Å². The fourth-order valence-electron chi connectivity index (χ4n) is 0. The molecule has 0 atom stereocenters. The molecule has 0 amide bonds. The van der Waals surface area contributed by atoms with Gasteiger partial charge < -0.3 is 32.9 Å². The molecule has 10 nitrogen and oxygen atoms in total. The van der Waals surface area contributed by atoms with E-state index in [4.69, 9.17) is 47.7 Å². The van der Waals surface area contributed by atoms with E-state index in [0.717, 1.165) is 0 Å². The zero-order valence-electron chi connectivity index (χ0n) is 6.83. The van der Waals surface area contributed by atoms with Gasteiger partial charge in [0.05, 0.1) is 0 Å². The molecule has 0 aliphatic rings. The first-order valence-corrected chi connectivity index (χ1v) is 7.99. The first kappa shape index (κ1) is 65.7. The Labute approximate surface area is 119 Å². The molecule has 16 heteroatoms. The van der Waals surface area contributed by atoms with Crippen LogP contribution in [0.15, 0.2) is 0 Å². The molecule has 0 fully saturated rings. The summed E-state index contributed by atoms with van der Waals surface area (Å²) in [6, 6.07) is 0. The average Bonchev–Trinajstić information content (AvgIpc) is 1.19. The van der Waals surface area contributed by atoms with Gasteiger partial charge >= 0.3 is 21.8 Å². The molecule has 0 aliphatic carbocycles. The van der Waals surface area contributed by atoms with Crippen molar-refractivity contribution in [2.75, 3.05) is 0 Å². The van der Waals surface area contributed by atoms with Crippen molar-refractivity contribution in [2.24, 2.45) is 0 Å². The van der Waals surface area contributed by atoms with Gasteiger partial charge in [0.25, 0.3) is 0 Å². The number of hydrogen-bond donors (Lipinski definition) is 2. The lowest BCUT2D eigenvalue weighted by Crippen LogP contribution is -1.89. The standard InChI is InChI=1S/2Al.3ClH.H2O4S.6H2O.3H/c;;;;;1-5(2,3)4;;;;;;;;;/h;;3*1H;(H2,1,2,3,4);6*1H2;;;/q;+3;;;;;;;;;;;;;/p-3. The van der Waals surface area contributed by atoms with Gasteiger partial charge in [0.15, 0.2) is 17.4 Å². The van der Waals surface area contributed by atoms with E-state index in [0.29, 0.717) is 0 Å². The van der Waals surface area contributed by atoms with Crippen LogP contribution >= 0.6 is 30.1 Å². The van der Waals surface area contributed by atoms with E-state index in [9.17, 15) is 0 Å². The summed E-state index contributed by atoms with van der Waals surface area (Å²) in [5.74, 6) is 0. The summed E-state index contributed by atoms with van der Waals surface area (Å²) in [7, 11) is 10.2. The quantitative estimate of drug-likeness (QED) is 0.313. The van der Waals surface area contributed by atoms with Crippen molar-refractivity contribution in [3.63, 3.8) is 0 Å². The SMILES string of the molecule is O.O.O.O.O.O.O=S(=O)(O)O.[AlH3].[Cl][Al]([Cl])[Cl]. The monoisotopic (exact) mass is 368 g/mol. The van der Waals surface area contributed by atoms with Crippen LogP contribution in [-0.4, -0.2) is 79.1 Å². The third kappa shape index (κ3) is 1350. The first-order valence-electron chi connectivity index (χ1n) is 1.35. The largest absolute Gasteiger partial charge is 0.643 e. The minimum absolute atomic E-state index is 0. The van der Waals surface area contributed by atoms with Crippen molar-refractivity contribution >= 4 is 69.3 Å². The van der Waals surface area contributed by atoms with Gasteiger partial charge in [0.1, 0.15) is 0 Å². The smallest absolute Gasteiger partial charge is 0.412 e. The molecule has 0 bridgehead atoms. The molecule has 0 unspecified atom stereocenters. The molecule has 0 spiro atoms. The first-order chi connectivity index (χ1) is 3.73. The summed E-state index contributed by atoms with van der Waals surface area (Å²) >= 11 is -1.72. The van der Waals surface area contributed by atoms with Crippen molar-refractivity contribution < 1.29 is 50.4 Å². The van der Waals surface area contributed by atoms with Crippen molar-refractivity contribution in [3.8, 4) is 0 Å². The molecule has 0 aromatic rings. The van der Waals surface area contributed by atoms with Gasteiger partial charge in [-0.3, -0.25) is 9.11 Å². The van der Waals surface area contributed by atoms with E-state index in [1.54, 1.807) is 0 Å². The Kier molecular flexibility index (Phi) is 148. The highest BCUT2D eigenvalue weighted by molar-refractivity contribution is 7.79. The lowest BCUT2D eigenvalue weighted by Gasteiger charge is -1.68. The Hall–Kier alpha value is 1.56. The highest BCUT2D eigenvalue weighted by Crippen LogP contribution is 1.97. The summed E-state index contributed by atoms with van der Waals surface area (Å²) < 4.78 is 31.6. The van der Waals surface area contributed by atoms with Crippen LogP contribution in [-0.2, 0) is 10.4 Å². The van der Waals surface area contributed by atoms with Gasteiger partial charge in [-0.25, -0.2) is 30.1 Å². The topological polar surface area (TPSA) is 264 Å². The van der Waals surface area contributed by atoms with Crippen LogP contribution in [0.25, 0.3) is 0 Å². The van der Waals surface area contributed by atoms with Crippen LogP contribution in [0, 0.1) is 0 Å². The van der Waals surface area contributed by atoms with Gasteiger partial charge in [-0.05, 0) is 0 Å². The summed E-state index contributed by atoms with van der Waals surface area (Å²) in [6.07, 6.45) is 0. The van der Waals surface area contributed by atoms with Gasteiger partial charge in [0.2, 0.25) is 0 Å². The van der Waals surface area contributed by atoms with Gasteiger partial charge in [-0.15, -0.1) is 0 Å². The van der Waals surface area contributed by atoms with Crippen molar-refractivity contribution in [3.05, 3.63) is 0 Å². The third-order valence-corrected chi connectivity index (χ3v) is 0. The van der Waals surface area contributed by atoms with Crippen LogP contribution in [0.1, 0.15) is 0 Å². The van der Waals surface area contributed by atoms with E-state index < -0.39 is 21.8 Å². The number of rotatable bonds is 0. The predicted octanol–water partition coefficient (Wildman–Crippen LogP) is -5.10. The molecule has 16 heavy (non-hydrogen) atoms. The lowest BCUT2D eigenvalue weighted by molar-refractivity contribution is 0.381. The summed E-state index contributed by atoms with van der Waals surface area (Å²) in [6.45, 7) is 0. The molecular weight excluding hydrogens is 352 g/mol. The predicted molar refractivity (Wildman–Crippen MR) is 69.1 cm³/mol. The normalized spacial score (nSPS) is 5.31. The maximum absolute atomic E-state index is 8.74. The molecule has 0 aromatic heterocycles. The van der Waals surface area contributed by atoms with Crippen LogP contribution in [0.2, 0.25) is 0 Å². The molecule has 0 radical (unpaired) electrons. The lowest BCUT2D eigenvalue weighted by atomic mass is 15.8. The zero-order chi connectivity index (χ0) is 8.08. The van der Waals surface area contributed by atoms with E-state index in [-0.39, 0.29) is 50.2 Å². The second-order valence-electron chi connectivity index (χ2n) is 0.695. The van der Waals surface area contributed by atoms with Crippen LogP contribution in [0.3, 0.4) is 0 Å². The zero-order valence-corrected chi connectivity index (χ0v) is 11.1. The molecule has 0 rings (SSSR count). The Balaban J connectivity index is -0.00000000614. The average molecular weight is 370 g/mol. The minimum Gasteiger partial charge on any atom is -0.412 e. The maximum atomic E-state index is 8.74. The van der Waals surface area contributed by atoms with E-state index in [1.807, 2.05) is 0 Å². The van der Waals surface area contributed by atoms with E-state index >= 15 is 0 Å². The second-order valence-corrected chi connectivity index (χ2v) is 8.02. The highest BCUT2D eigenvalue weighted by atomic mass is 35.8.